The molecule has 96 valence electrons. The van der Waals surface area contributed by atoms with Gasteiger partial charge in [0.25, 0.3) is 0 Å². The molecule has 0 heterocycles. The van der Waals surface area contributed by atoms with E-state index in [0.29, 0.717) is 22.8 Å². The lowest BCUT2D eigenvalue weighted by molar-refractivity contribution is -0.149. The van der Waals surface area contributed by atoms with Gasteiger partial charge in [-0.15, -0.1) is 0 Å². The Kier molecular flexibility index (Phi) is 4.57. The number of halogens is 1. The van der Waals surface area contributed by atoms with Crippen LogP contribution in [-0.2, 0) is 9.53 Å². The summed E-state index contributed by atoms with van der Waals surface area (Å²) < 4.78 is 4.72. The number of rotatable bonds is 4. The number of ether oxygens (including phenoxy) is 1. The molecule has 0 aliphatic carbocycles. The molecular weight excluding hydrogens is 252 g/mol. The first-order valence-electron chi connectivity index (χ1n) is 5.42. The zero-order valence-corrected chi connectivity index (χ0v) is 11.3. The normalized spacial score (nSPS) is 10.6. The number of carbonyl (C=O) groups excluding carboxylic acids is 1. The second-order valence-electron chi connectivity index (χ2n) is 4.54. The van der Waals surface area contributed by atoms with Crippen molar-refractivity contribution in [3.63, 3.8) is 0 Å². The monoisotopic (exact) mass is 266 g/mol. The third-order valence-electron chi connectivity index (χ3n) is 2.56. The van der Waals surface area contributed by atoms with Gasteiger partial charge in [0.05, 0.1) is 34.9 Å². The largest absolute Gasteiger partial charge is 0.469 e. The van der Waals surface area contributed by atoms with Gasteiger partial charge in [-0.3, -0.25) is 4.79 Å². The third kappa shape index (κ3) is 3.38. The average molecular weight is 267 g/mol. The maximum atomic E-state index is 11.5. The Morgan fingerprint density at radius 2 is 2.22 bits per heavy atom. The minimum absolute atomic E-state index is 0.292. The quantitative estimate of drug-likeness (QED) is 0.851. The van der Waals surface area contributed by atoms with E-state index in [-0.39, 0.29) is 5.97 Å². The molecule has 0 atom stereocenters. The van der Waals surface area contributed by atoms with Gasteiger partial charge >= 0.3 is 5.97 Å². The van der Waals surface area contributed by atoms with Gasteiger partial charge in [-0.05, 0) is 32.0 Å². The fraction of sp³-hybridized carbons (Fsp3) is 0.385. The number of nitrogens with one attached hydrogen (secondary N) is 1. The molecule has 1 N–H and O–H groups in total. The van der Waals surface area contributed by atoms with Crippen molar-refractivity contribution in [1.29, 1.82) is 5.26 Å². The molecule has 18 heavy (non-hydrogen) atoms. The van der Waals surface area contributed by atoms with Crippen LogP contribution < -0.4 is 5.32 Å². The van der Waals surface area contributed by atoms with Crippen molar-refractivity contribution in [2.24, 2.45) is 5.41 Å². The molecule has 0 amide bonds. The molecular formula is C13H15ClN2O2. The molecule has 4 nitrogen and oxygen atoms in total. The first-order valence-corrected chi connectivity index (χ1v) is 5.80. The molecule has 0 aromatic heterocycles. The summed E-state index contributed by atoms with van der Waals surface area (Å²) in [6.45, 7) is 3.96. The van der Waals surface area contributed by atoms with E-state index in [0.717, 1.165) is 0 Å². The number of benzene rings is 1. The van der Waals surface area contributed by atoms with Crippen LogP contribution in [0.15, 0.2) is 18.2 Å². The molecule has 0 bridgehead atoms. The van der Waals surface area contributed by atoms with Crippen LogP contribution >= 0.6 is 11.6 Å². The van der Waals surface area contributed by atoms with E-state index in [2.05, 4.69) is 5.32 Å². The Balaban J connectivity index is 2.76. The first kappa shape index (κ1) is 14.3. The van der Waals surface area contributed by atoms with Crippen molar-refractivity contribution in [2.45, 2.75) is 13.8 Å². The maximum Gasteiger partial charge on any atom is 0.313 e. The Hall–Kier alpha value is -1.73. The van der Waals surface area contributed by atoms with Crippen LogP contribution in [0.5, 0.6) is 0 Å². The summed E-state index contributed by atoms with van der Waals surface area (Å²) >= 11 is 6.02. The molecule has 5 heteroatoms. The van der Waals surface area contributed by atoms with Gasteiger partial charge in [0.15, 0.2) is 0 Å². The van der Waals surface area contributed by atoms with Crippen LogP contribution in [0.1, 0.15) is 19.4 Å². The molecule has 0 unspecified atom stereocenters. The highest BCUT2D eigenvalue weighted by Gasteiger charge is 2.28. The number of methoxy groups -OCH3 is 1. The van der Waals surface area contributed by atoms with Crippen molar-refractivity contribution in [3.05, 3.63) is 28.8 Å². The SMILES string of the molecule is COC(=O)C(C)(C)CNc1ccc(C#N)cc1Cl. The van der Waals surface area contributed by atoms with Gasteiger partial charge in [-0.25, -0.2) is 0 Å². The van der Waals surface area contributed by atoms with Gasteiger partial charge in [0, 0.05) is 6.54 Å². The van der Waals surface area contributed by atoms with Crippen molar-refractivity contribution in [1.82, 2.24) is 0 Å². The van der Waals surface area contributed by atoms with Gasteiger partial charge in [0.2, 0.25) is 0 Å². The fourth-order valence-electron chi connectivity index (χ4n) is 1.39. The Labute approximate surface area is 112 Å². The van der Waals surface area contributed by atoms with E-state index in [1.54, 1.807) is 32.0 Å². The molecule has 0 aliphatic heterocycles. The van der Waals surface area contributed by atoms with Gasteiger partial charge in [0.1, 0.15) is 0 Å². The highest BCUT2D eigenvalue weighted by molar-refractivity contribution is 6.33. The highest BCUT2D eigenvalue weighted by atomic mass is 35.5. The summed E-state index contributed by atoms with van der Waals surface area (Å²) in [6, 6.07) is 6.97. The van der Waals surface area contributed by atoms with Crippen LogP contribution in [0.2, 0.25) is 5.02 Å². The lowest BCUT2D eigenvalue weighted by atomic mass is 9.93. The van der Waals surface area contributed by atoms with Crippen LogP contribution in [0.25, 0.3) is 0 Å². The molecule has 0 saturated heterocycles. The van der Waals surface area contributed by atoms with E-state index in [1.165, 1.54) is 7.11 Å². The predicted octanol–water partition coefficient (Wildman–Crippen LogP) is 2.82. The van der Waals surface area contributed by atoms with E-state index in [9.17, 15) is 4.79 Å². The summed E-state index contributed by atoms with van der Waals surface area (Å²) in [7, 11) is 1.36. The molecule has 0 spiro atoms. The summed E-state index contributed by atoms with van der Waals surface area (Å²) in [5.41, 5.74) is 0.539. The van der Waals surface area contributed by atoms with Crippen LogP contribution in [0.3, 0.4) is 0 Å². The molecule has 0 radical (unpaired) electrons. The summed E-state index contributed by atoms with van der Waals surface area (Å²) in [4.78, 5) is 11.5. The topological polar surface area (TPSA) is 62.1 Å². The van der Waals surface area contributed by atoms with E-state index < -0.39 is 5.41 Å². The fourth-order valence-corrected chi connectivity index (χ4v) is 1.64. The average Bonchev–Trinajstić information content (AvgIpc) is 2.36. The molecule has 0 saturated carbocycles. The molecule has 0 fully saturated rings. The molecule has 1 rings (SSSR count). The molecule has 0 aliphatic rings. The Morgan fingerprint density at radius 3 is 2.72 bits per heavy atom. The minimum atomic E-state index is -0.647. The predicted molar refractivity (Wildman–Crippen MR) is 70.5 cm³/mol. The summed E-state index contributed by atoms with van der Waals surface area (Å²) in [5, 5.41) is 12.3. The van der Waals surface area contributed by atoms with Crippen molar-refractivity contribution in [2.75, 3.05) is 19.0 Å². The number of nitriles is 1. The van der Waals surface area contributed by atoms with E-state index >= 15 is 0 Å². The standard InChI is InChI=1S/C13H15ClN2O2/c1-13(2,12(17)18-3)8-16-11-5-4-9(7-15)6-10(11)14/h4-6,16H,8H2,1-3H3. The van der Waals surface area contributed by atoms with Crippen LogP contribution in [0, 0.1) is 16.7 Å². The number of hydrogen-bond acceptors (Lipinski definition) is 4. The van der Waals surface area contributed by atoms with Crippen molar-refractivity contribution >= 4 is 23.3 Å². The zero-order chi connectivity index (χ0) is 13.8. The lowest BCUT2D eigenvalue weighted by Gasteiger charge is -2.22. The highest BCUT2D eigenvalue weighted by Crippen LogP contribution is 2.25. The number of anilines is 1. The minimum Gasteiger partial charge on any atom is -0.469 e. The van der Waals surface area contributed by atoms with Gasteiger partial charge < -0.3 is 10.1 Å². The maximum absolute atomic E-state index is 11.5. The van der Waals surface area contributed by atoms with Gasteiger partial charge in [-0.2, -0.15) is 5.26 Å². The first-order chi connectivity index (χ1) is 8.40. The summed E-state index contributed by atoms with van der Waals surface area (Å²) in [5.74, 6) is -0.292. The number of carbonyl (C=O) groups is 1. The Bertz CT molecular complexity index is 492. The molecule has 1 aromatic carbocycles. The second-order valence-corrected chi connectivity index (χ2v) is 4.94. The van der Waals surface area contributed by atoms with E-state index in [1.807, 2.05) is 6.07 Å². The van der Waals surface area contributed by atoms with Gasteiger partial charge in [-0.1, -0.05) is 11.6 Å². The number of esters is 1. The smallest absolute Gasteiger partial charge is 0.313 e. The zero-order valence-electron chi connectivity index (χ0n) is 10.6. The number of nitrogens with zero attached hydrogens (tertiary/aromatic N) is 1. The second kappa shape index (κ2) is 5.74. The van der Waals surface area contributed by atoms with Crippen molar-refractivity contribution < 1.29 is 9.53 Å². The summed E-state index contributed by atoms with van der Waals surface area (Å²) in [6.07, 6.45) is 0. The lowest BCUT2D eigenvalue weighted by Crippen LogP contribution is -2.33. The number of hydrogen-bond donors (Lipinski definition) is 1. The van der Waals surface area contributed by atoms with Crippen LogP contribution in [-0.4, -0.2) is 19.6 Å². The third-order valence-corrected chi connectivity index (χ3v) is 2.87. The van der Waals surface area contributed by atoms with E-state index in [4.69, 9.17) is 21.6 Å². The van der Waals surface area contributed by atoms with Crippen molar-refractivity contribution in [3.8, 4) is 6.07 Å². The van der Waals surface area contributed by atoms with Crippen LogP contribution in [0.4, 0.5) is 5.69 Å². The Morgan fingerprint density at radius 1 is 1.56 bits per heavy atom. The molecule has 1 aromatic rings.